The quantitative estimate of drug-likeness (QED) is 0.221. The Kier molecular flexibility index (Phi) is 11.7. The SMILES string of the molecule is CCCc1cccc(Nc2ncc(F)c(Nc3cccc(NCCO)c3)n2)c1N=CC(N)=O.CNC. The van der Waals surface area contributed by atoms with Crippen LogP contribution in [-0.4, -0.2) is 54.4 Å². The van der Waals surface area contributed by atoms with Crippen molar-refractivity contribution in [1.29, 1.82) is 0 Å². The summed E-state index contributed by atoms with van der Waals surface area (Å²) < 4.78 is 14.4. The van der Waals surface area contributed by atoms with E-state index in [-0.39, 0.29) is 18.4 Å². The molecule has 0 radical (unpaired) electrons. The number of aliphatic hydroxyl groups excluding tert-OH is 1. The maximum absolute atomic E-state index is 14.4. The fraction of sp³-hybridized carbons (Fsp3) is 0.280. The van der Waals surface area contributed by atoms with Gasteiger partial charge in [0.25, 0.3) is 5.91 Å². The van der Waals surface area contributed by atoms with Gasteiger partial charge in [-0.2, -0.15) is 4.98 Å². The number of benzene rings is 2. The lowest BCUT2D eigenvalue weighted by molar-refractivity contribution is -0.111. The van der Waals surface area contributed by atoms with Gasteiger partial charge in [-0.3, -0.25) is 4.79 Å². The fourth-order valence-corrected chi connectivity index (χ4v) is 3.12. The third kappa shape index (κ3) is 8.93. The molecule has 0 saturated carbocycles. The molecule has 11 heteroatoms. The van der Waals surface area contributed by atoms with E-state index in [1.807, 2.05) is 39.2 Å². The normalized spacial score (nSPS) is 10.5. The van der Waals surface area contributed by atoms with E-state index in [0.29, 0.717) is 23.6 Å². The molecule has 3 rings (SSSR count). The van der Waals surface area contributed by atoms with E-state index >= 15 is 0 Å². The molecule has 0 aliphatic carbocycles. The zero-order valence-corrected chi connectivity index (χ0v) is 20.7. The first kappa shape index (κ1) is 28.1. The van der Waals surface area contributed by atoms with Gasteiger partial charge in [-0.25, -0.2) is 14.4 Å². The van der Waals surface area contributed by atoms with E-state index < -0.39 is 11.7 Å². The number of rotatable bonds is 11. The van der Waals surface area contributed by atoms with E-state index in [9.17, 15) is 9.18 Å². The van der Waals surface area contributed by atoms with Crippen molar-refractivity contribution in [2.24, 2.45) is 10.7 Å². The summed E-state index contributed by atoms with van der Waals surface area (Å²) in [6.07, 6.45) is 3.75. The van der Waals surface area contributed by atoms with Gasteiger partial charge in [0, 0.05) is 17.9 Å². The second kappa shape index (κ2) is 15.0. The topological polar surface area (TPSA) is 150 Å². The molecule has 36 heavy (non-hydrogen) atoms. The Labute approximate surface area is 210 Å². The predicted octanol–water partition coefficient (Wildman–Crippen LogP) is 3.48. The summed E-state index contributed by atoms with van der Waals surface area (Å²) in [7, 11) is 3.75. The van der Waals surface area contributed by atoms with Crippen molar-refractivity contribution in [3.63, 3.8) is 0 Å². The summed E-state index contributed by atoms with van der Waals surface area (Å²) >= 11 is 0. The lowest BCUT2D eigenvalue weighted by Crippen LogP contribution is -2.11. The zero-order chi connectivity index (χ0) is 26.3. The lowest BCUT2D eigenvalue weighted by Gasteiger charge is -2.13. The molecular formula is C25H33FN8O2. The van der Waals surface area contributed by atoms with Crippen LogP contribution in [0, 0.1) is 5.82 Å². The van der Waals surface area contributed by atoms with Crippen LogP contribution in [-0.2, 0) is 11.2 Å². The molecule has 1 amide bonds. The summed E-state index contributed by atoms with van der Waals surface area (Å²) in [4.78, 5) is 23.7. The number of para-hydroxylation sites is 1. The smallest absolute Gasteiger partial charge is 0.259 e. The summed E-state index contributed by atoms with van der Waals surface area (Å²) in [6, 6.07) is 12.7. The molecule has 0 bridgehead atoms. The lowest BCUT2D eigenvalue weighted by atomic mass is 10.1. The first-order chi connectivity index (χ1) is 17.4. The number of hydrogen-bond acceptors (Lipinski definition) is 9. The number of amides is 1. The Balaban J connectivity index is 0.00000145. The monoisotopic (exact) mass is 496 g/mol. The van der Waals surface area contributed by atoms with Crippen LogP contribution in [0.4, 0.5) is 38.9 Å². The number of nitrogens with one attached hydrogen (secondary N) is 4. The van der Waals surface area contributed by atoms with Gasteiger partial charge in [0.15, 0.2) is 11.6 Å². The highest BCUT2D eigenvalue weighted by molar-refractivity contribution is 6.26. The number of primary amides is 1. The molecule has 192 valence electrons. The number of anilines is 5. The van der Waals surface area contributed by atoms with Gasteiger partial charge in [-0.15, -0.1) is 0 Å². The first-order valence-corrected chi connectivity index (χ1v) is 11.5. The second-order valence-corrected chi connectivity index (χ2v) is 7.60. The molecule has 1 aromatic heterocycles. The summed E-state index contributed by atoms with van der Waals surface area (Å²) in [5, 5.41) is 20.8. The number of aliphatic imine (C=N–C) groups is 1. The van der Waals surface area contributed by atoms with Crippen LogP contribution < -0.4 is 27.0 Å². The number of hydrogen-bond donors (Lipinski definition) is 6. The Morgan fingerprint density at radius 2 is 1.89 bits per heavy atom. The minimum atomic E-state index is -0.660. The van der Waals surface area contributed by atoms with Crippen LogP contribution in [0.2, 0.25) is 0 Å². The van der Waals surface area contributed by atoms with E-state index in [4.69, 9.17) is 10.8 Å². The van der Waals surface area contributed by atoms with E-state index in [1.54, 1.807) is 24.3 Å². The number of nitrogens with zero attached hydrogens (tertiary/aromatic N) is 3. The third-order valence-corrected chi connectivity index (χ3v) is 4.52. The molecule has 0 atom stereocenters. The van der Waals surface area contributed by atoms with E-state index in [2.05, 4.69) is 36.2 Å². The molecule has 2 aromatic carbocycles. The second-order valence-electron chi connectivity index (χ2n) is 7.60. The van der Waals surface area contributed by atoms with Crippen LogP contribution in [0.1, 0.15) is 18.9 Å². The largest absolute Gasteiger partial charge is 0.395 e. The van der Waals surface area contributed by atoms with Crippen molar-refractivity contribution in [3.8, 4) is 0 Å². The van der Waals surface area contributed by atoms with Gasteiger partial charge in [0.05, 0.1) is 30.4 Å². The van der Waals surface area contributed by atoms with Gasteiger partial charge < -0.3 is 32.1 Å². The van der Waals surface area contributed by atoms with E-state index in [1.165, 1.54) is 0 Å². The molecule has 0 unspecified atom stereocenters. The Bertz CT molecular complexity index is 1160. The number of aromatic nitrogens is 2. The number of halogens is 1. The molecule has 0 aliphatic rings. The molecule has 0 aliphatic heterocycles. The standard InChI is InChI=1S/C23H26FN7O2.C2H7N/c1-2-5-15-6-3-9-19(21(15)27-14-20(25)33)30-23-28-13-18(24)22(31-23)29-17-8-4-7-16(12-17)26-10-11-32;1-3-2/h3-4,6-9,12-14,26,32H,2,5,10-11H2,1H3,(H2,25,33)(H2,28,29,30,31);3H,1-2H3. The fourth-order valence-electron chi connectivity index (χ4n) is 3.12. The first-order valence-electron chi connectivity index (χ1n) is 11.5. The average Bonchev–Trinajstić information content (AvgIpc) is 2.85. The van der Waals surface area contributed by atoms with Crippen molar-refractivity contribution in [2.75, 3.05) is 43.2 Å². The minimum Gasteiger partial charge on any atom is -0.395 e. The van der Waals surface area contributed by atoms with Crippen molar-refractivity contribution in [2.45, 2.75) is 19.8 Å². The third-order valence-electron chi connectivity index (χ3n) is 4.52. The van der Waals surface area contributed by atoms with Crippen LogP contribution >= 0.6 is 0 Å². The number of carbonyl (C=O) groups excluding carboxylic acids is 1. The zero-order valence-electron chi connectivity index (χ0n) is 20.7. The Morgan fingerprint density at radius 3 is 2.58 bits per heavy atom. The maximum Gasteiger partial charge on any atom is 0.259 e. The molecule has 7 N–H and O–H groups in total. The van der Waals surface area contributed by atoms with Crippen molar-refractivity contribution < 1.29 is 14.3 Å². The number of carbonyl (C=O) groups is 1. The van der Waals surface area contributed by atoms with Gasteiger partial charge in [0.1, 0.15) is 0 Å². The van der Waals surface area contributed by atoms with Gasteiger partial charge in [0.2, 0.25) is 5.95 Å². The van der Waals surface area contributed by atoms with Gasteiger partial charge in [-0.1, -0.05) is 31.5 Å². The highest BCUT2D eigenvalue weighted by atomic mass is 19.1. The van der Waals surface area contributed by atoms with Crippen molar-refractivity contribution in [1.82, 2.24) is 15.3 Å². The van der Waals surface area contributed by atoms with Gasteiger partial charge in [-0.05, 0) is 50.3 Å². The maximum atomic E-state index is 14.4. The van der Waals surface area contributed by atoms with Gasteiger partial charge >= 0.3 is 0 Å². The van der Waals surface area contributed by atoms with Crippen molar-refractivity contribution in [3.05, 3.63) is 60.0 Å². The number of aryl methyl sites for hydroxylation is 1. The Morgan fingerprint density at radius 1 is 1.17 bits per heavy atom. The Hall–Kier alpha value is -4.09. The van der Waals surface area contributed by atoms with Crippen LogP contribution in [0.3, 0.4) is 0 Å². The minimum absolute atomic E-state index is 0.00183. The number of aliphatic hydroxyl groups is 1. The predicted molar refractivity (Wildman–Crippen MR) is 143 cm³/mol. The molecule has 0 fully saturated rings. The molecule has 0 saturated heterocycles. The summed E-state index contributed by atoms with van der Waals surface area (Å²) in [5.41, 5.74) is 8.62. The molecule has 10 nitrogen and oxygen atoms in total. The summed E-state index contributed by atoms with van der Waals surface area (Å²) in [5.74, 6) is -1.15. The highest BCUT2D eigenvalue weighted by Gasteiger charge is 2.12. The molecule has 0 spiro atoms. The molecular weight excluding hydrogens is 463 g/mol. The van der Waals surface area contributed by atoms with Crippen LogP contribution in [0.15, 0.2) is 53.7 Å². The van der Waals surface area contributed by atoms with Crippen LogP contribution in [0.5, 0.6) is 0 Å². The highest BCUT2D eigenvalue weighted by Crippen LogP contribution is 2.32. The molecule has 1 heterocycles. The van der Waals surface area contributed by atoms with E-state index in [0.717, 1.165) is 36.5 Å². The average molecular weight is 497 g/mol. The number of nitrogens with two attached hydrogens (primary N) is 1. The van der Waals surface area contributed by atoms with Crippen LogP contribution in [0.25, 0.3) is 0 Å². The van der Waals surface area contributed by atoms with Crippen molar-refractivity contribution >= 4 is 46.6 Å². The summed E-state index contributed by atoms with van der Waals surface area (Å²) in [6.45, 7) is 2.44. The molecule has 3 aromatic rings.